The van der Waals surface area contributed by atoms with Gasteiger partial charge in [-0.15, -0.1) is 0 Å². The van der Waals surface area contributed by atoms with Crippen molar-refractivity contribution in [2.75, 3.05) is 13.2 Å². The van der Waals surface area contributed by atoms with E-state index in [1.54, 1.807) is 42.7 Å². The molecule has 182 valence electrons. The number of hydrogen-bond acceptors (Lipinski definition) is 6. The third kappa shape index (κ3) is 4.97. The van der Waals surface area contributed by atoms with Crippen LogP contribution >= 0.6 is 23.2 Å². The Bertz CT molecular complexity index is 1570. The van der Waals surface area contributed by atoms with Crippen molar-refractivity contribution in [2.45, 2.75) is 13.3 Å². The van der Waals surface area contributed by atoms with Crippen LogP contribution in [-0.2, 0) is 13.3 Å². The number of benzene rings is 3. The number of ether oxygens (including phenoxy) is 1. The van der Waals surface area contributed by atoms with Crippen molar-refractivity contribution in [3.63, 3.8) is 0 Å². The molecular weight excluding hydrogens is 501 g/mol. The van der Waals surface area contributed by atoms with Crippen LogP contribution in [0.4, 0.5) is 0 Å². The summed E-state index contributed by atoms with van der Waals surface area (Å²) in [5, 5.41) is 12.0. The van der Waals surface area contributed by atoms with Gasteiger partial charge in [0.15, 0.2) is 0 Å². The normalized spacial score (nSPS) is 11.4. The first-order valence-electron chi connectivity index (χ1n) is 11.2. The second-order valence-corrected chi connectivity index (χ2v) is 8.94. The lowest BCUT2D eigenvalue weighted by Crippen LogP contribution is -2.40. The number of rotatable bonds is 8. The third-order valence-corrected chi connectivity index (χ3v) is 6.57. The molecule has 0 unspecified atom stereocenters. The van der Waals surface area contributed by atoms with Gasteiger partial charge >= 0.3 is 0 Å². The van der Waals surface area contributed by atoms with E-state index in [0.29, 0.717) is 33.1 Å². The maximum Gasteiger partial charge on any atom is 0.275 e. The highest BCUT2D eigenvalue weighted by Gasteiger charge is 2.14. The Morgan fingerprint density at radius 2 is 1.31 bits per heavy atom. The molecule has 3 aromatic carbocycles. The van der Waals surface area contributed by atoms with Gasteiger partial charge in [0.05, 0.1) is 41.5 Å². The molecule has 0 bridgehead atoms. The van der Waals surface area contributed by atoms with E-state index in [1.807, 2.05) is 41.3 Å². The fraction of sp³-hybridized carbons (Fsp3) is 0.154. The largest absolute Gasteiger partial charge is 0.491 e. The van der Waals surface area contributed by atoms with Gasteiger partial charge in [-0.2, -0.15) is 10.2 Å². The van der Waals surface area contributed by atoms with Crippen LogP contribution in [0.3, 0.4) is 0 Å². The summed E-state index contributed by atoms with van der Waals surface area (Å²) in [7, 11) is 0. The van der Waals surface area contributed by atoms with Gasteiger partial charge in [0.25, 0.3) is 11.1 Å². The molecule has 0 radical (unpaired) electrons. The molecule has 5 aromatic rings. The van der Waals surface area contributed by atoms with Crippen LogP contribution in [0.15, 0.2) is 88.7 Å². The minimum absolute atomic E-state index is 0.122. The molecule has 5 rings (SSSR count). The Morgan fingerprint density at radius 3 is 1.89 bits per heavy atom. The van der Waals surface area contributed by atoms with Gasteiger partial charge in [0.1, 0.15) is 17.4 Å². The van der Waals surface area contributed by atoms with Crippen LogP contribution in [0.2, 0.25) is 10.0 Å². The van der Waals surface area contributed by atoms with Crippen molar-refractivity contribution in [1.82, 2.24) is 24.5 Å². The number of nitrogens with zero attached hydrogens (tertiary/aromatic N) is 5. The topological polar surface area (TPSA) is 82.2 Å². The zero-order chi connectivity index (χ0) is 25.1. The Hall–Kier alpha value is -3.72. The highest BCUT2D eigenvalue weighted by molar-refractivity contribution is 6.42. The lowest BCUT2D eigenvalue weighted by Gasteiger charge is -2.23. The number of hydrogen-bond donors (Lipinski definition) is 0. The van der Waals surface area contributed by atoms with Crippen LogP contribution in [0.1, 0.15) is 0 Å². The molecule has 0 saturated heterocycles. The zero-order valence-corrected chi connectivity index (χ0v) is 20.6. The van der Waals surface area contributed by atoms with Crippen molar-refractivity contribution in [1.29, 1.82) is 0 Å². The minimum atomic E-state index is -0.226. The summed E-state index contributed by atoms with van der Waals surface area (Å²) in [5.41, 5.74) is -0.452. The summed E-state index contributed by atoms with van der Waals surface area (Å²) < 4.78 is 8.57. The Balaban J connectivity index is 1.43. The van der Waals surface area contributed by atoms with Gasteiger partial charge in [0.2, 0.25) is 0 Å². The summed E-state index contributed by atoms with van der Waals surface area (Å²) in [6.45, 7) is 0.823. The molecule has 36 heavy (non-hydrogen) atoms. The fourth-order valence-corrected chi connectivity index (χ4v) is 4.25. The molecule has 0 atom stereocenters. The summed E-state index contributed by atoms with van der Waals surface area (Å²) >= 11 is 12.3. The van der Waals surface area contributed by atoms with Crippen molar-refractivity contribution in [2.24, 2.45) is 0 Å². The van der Waals surface area contributed by atoms with Crippen LogP contribution < -0.4 is 15.9 Å². The SMILES string of the molecule is O=c1c2ccccc2cnn1CN(CCOc1cccc(Cl)c1Cl)Cn1ncc2ccccc2c1=O. The predicted octanol–water partition coefficient (Wildman–Crippen LogP) is 4.41. The van der Waals surface area contributed by atoms with Crippen LogP contribution in [-0.4, -0.2) is 37.6 Å². The Labute approximate surface area is 215 Å². The zero-order valence-electron chi connectivity index (χ0n) is 19.1. The lowest BCUT2D eigenvalue weighted by atomic mass is 10.2. The van der Waals surface area contributed by atoms with Crippen LogP contribution in [0.5, 0.6) is 5.75 Å². The lowest BCUT2D eigenvalue weighted by molar-refractivity contribution is 0.121. The van der Waals surface area contributed by atoms with Gasteiger partial charge in [-0.1, -0.05) is 65.7 Å². The summed E-state index contributed by atoms with van der Waals surface area (Å²) in [5.74, 6) is 0.450. The molecule has 2 heterocycles. The van der Waals surface area contributed by atoms with E-state index in [9.17, 15) is 9.59 Å². The van der Waals surface area contributed by atoms with E-state index in [1.165, 1.54) is 9.36 Å². The summed E-state index contributed by atoms with van der Waals surface area (Å²) in [6, 6.07) is 19.7. The average Bonchev–Trinajstić information content (AvgIpc) is 2.90. The highest BCUT2D eigenvalue weighted by atomic mass is 35.5. The van der Waals surface area contributed by atoms with Crippen molar-refractivity contribution >= 4 is 44.7 Å². The molecular formula is C26H21Cl2N5O3. The van der Waals surface area contributed by atoms with Crippen molar-refractivity contribution in [3.8, 4) is 5.75 Å². The number of fused-ring (bicyclic) bond motifs is 2. The molecule has 0 aliphatic heterocycles. The van der Waals surface area contributed by atoms with Gasteiger partial charge in [-0.25, -0.2) is 9.36 Å². The third-order valence-electron chi connectivity index (χ3n) is 5.77. The Kier molecular flexibility index (Phi) is 6.99. The van der Waals surface area contributed by atoms with Gasteiger partial charge in [-0.3, -0.25) is 14.5 Å². The van der Waals surface area contributed by atoms with E-state index in [0.717, 1.165) is 10.8 Å². The van der Waals surface area contributed by atoms with E-state index >= 15 is 0 Å². The fourth-order valence-electron chi connectivity index (χ4n) is 3.90. The molecule has 10 heteroatoms. The van der Waals surface area contributed by atoms with E-state index in [4.69, 9.17) is 27.9 Å². The second kappa shape index (κ2) is 10.5. The molecule has 0 aliphatic carbocycles. The monoisotopic (exact) mass is 521 g/mol. The van der Waals surface area contributed by atoms with Gasteiger partial charge in [0, 0.05) is 17.3 Å². The quantitative estimate of drug-likeness (QED) is 0.300. The van der Waals surface area contributed by atoms with Gasteiger partial charge < -0.3 is 4.74 Å². The maximum atomic E-state index is 13.1. The van der Waals surface area contributed by atoms with Crippen molar-refractivity contribution in [3.05, 3.63) is 110 Å². The minimum Gasteiger partial charge on any atom is -0.491 e. The highest BCUT2D eigenvalue weighted by Crippen LogP contribution is 2.31. The molecule has 0 aliphatic rings. The summed E-state index contributed by atoms with van der Waals surface area (Å²) in [4.78, 5) is 28.0. The first kappa shape index (κ1) is 24.0. The van der Waals surface area contributed by atoms with Crippen LogP contribution in [0, 0.1) is 0 Å². The maximum absolute atomic E-state index is 13.1. The Morgan fingerprint density at radius 1 is 0.750 bits per heavy atom. The molecule has 0 saturated carbocycles. The number of aromatic nitrogens is 4. The first-order valence-corrected chi connectivity index (χ1v) is 12.0. The molecule has 0 amide bonds. The van der Waals surface area contributed by atoms with Gasteiger partial charge in [-0.05, 0) is 24.3 Å². The average molecular weight is 522 g/mol. The van der Waals surface area contributed by atoms with E-state index < -0.39 is 0 Å². The smallest absolute Gasteiger partial charge is 0.275 e. The second-order valence-electron chi connectivity index (χ2n) is 8.15. The van der Waals surface area contributed by atoms with Crippen LogP contribution in [0.25, 0.3) is 21.5 Å². The number of halogens is 2. The molecule has 2 aromatic heterocycles. The molecule has 8 nitrogen and oxygen atoms in total. The van der Waals surface area contributed by atoms with E-state index in [-0.39, 0.29) is 31.1 Å². The predicted molar refractivity (Wildman–Crippen MR) is 141 cm³/mol. The molecule has 0 N–H and O–H groups in total. The standard InChI is InChI=1S/C26H21Cl2N5O3/c27-22-10-5-11-23(24(22)28)36-13-12-31(16-32-25(34)20-8-3-1-6-18(20)14-29-32)17-33-26(35)21-9-4-2-7-19(21)15-30-33/h1-11,14-15H,12-13,16-17H2. The molecule has 0 spiro atoms. The summed E-state index contributed by atoms with van der Waals surface area (Å²) in [6.07, 6.45) is 3.30. The van der Waals surface area contributed by atoms with E-state index in [2.05, 4.69) is 10.2 Å². The first-order chi connectivity index (χ1) is 17.5. The van der Waals surface area contributed by atoms with Crippen molar-refractivity contribution < 1.29 is 4.74 Å². The molecule has 0 fully saturated rings.